The number of thiazole rings is 1. The van der Waals surface area contributed by atoms with E-state index in [1.54, 1.807) is 12.4 Å². The Morgan fingerprint density at radius 1 is 1.03 bits per heavy atom. The first-order valence-electron chi connectivity index (χ1n) is 11.0. The van der Waals surface area contributed by atoms with Gasteiger partial charge in [0.2, 0.25) is 5.91 Å². The standard InChI is InChI=1S/C26H22N4O3S2/c31-23(29-25-28-21(16-35-25)19-10-5-2-6-11-19)22-17-34-24(20-12-7-13-27-14-20)30(22)26(32)33-15-18-8-3-1-4-9-18/h1-14,16,22,24H,15,17H2,(H,28,29,31)/t22-,24?/m0/s1. The molecule has 0 saturated carbocycles. The van der Waals surface area contributed by atoms with E-state index < -0.39 is 12.1 Å². The van der Waals surface area contributed by atoms with Gasteiger partial charge in [-0.15, -0.1) is 23.1 Å². The number of rotatable bonds is 6. The molecule has 2 amide bonds. The Hall–Kier alpha value is -3.69. The highest BCUT2D eigenvalue weighted by molar-refractivity contribution is 7.99. The predicted molar refractivity (Wildman–Crippen MR) is 138 cm³/mol. The minimum Gasteiger partial charge on any atom is -0.444 e. The Kier molecular flexibility index (Phi) is 7.06. The minimum atomic E-state index is -0.711. The van der Waals surface area contributed by atoms with Gasteiger partial charge in [-0.1, -0.05) is 66.7 Å². The SMILES string of the molecule is O=C(Nc1nc(-c2ccccc2)cs1)[C@@H]1CSC(c2cccnc2)N1C(=O)OCc1ccccc1. The fourth-order valence-corrected chi connectivity index (χ4v) is 5.89. The van der Waals surface area contributed by atoms with E-state index in [9.17, 15) is 9.59 Å². The van der Waals surface area contributed by atoms with Gasteiger partial charge in [0.15, 0.2) is 5.13 Å². The first-order chi connectivity index (χ1) is 17.2. The van der Waals surface area contributed by atoms with Gasteiger partial charge in [0.05, 0.1) is 5.69 Å². The Balaban J connectivity index is 1.33. The van der Waals surface area contributed by atoms with Crippen molar-refractivity contribution in [2.75, 3.05) is 11.1 Å². The first kappa shape index (κ1) is 23.1. The molecule has 0 spiro atoms. The predicted octanol–water partition coefficient (Wildman–Crippen LogP) is 5.60. The second-order valence-corrected chi connectivity index (χ2v) is 9.80. The summed E-state index contributed by atoms with van der Waals surface area (Å²) in [4.78, 5) is 36.8. The van der Waals surface area contributed by atoms with Gasteiger partial charge >= 0.3 is 6.09 Å². The van der Waals surface area contributed by atoms with Crippen LogP contribution in [-0.4, -0.2) is 38.7 Å². The van der Waals surface area contributed by atoms with Gasteiger partial charge < -0.3 is 10.1 Å². The first-order valence-corrected chi connectivity index (χ1v) is 12.9. The van der Waals surface area contributed by atoms with Crippen molar-refractivity contribution < 1.29 is 14.3 Å². The van der Waals surface area contributed by atoms with Gasteiger partial charge in [0.25, 0.3) is 0 Å². The van der Waals surface area contributed by atoms with Crippen LogP contribution in [0.5, 0.6) is 0 Å². The van der Waals surface area contributed by atoms with Gasteiger partial charge in [-0.25, -0.2) is 9.78 Å². The number of thioether (sulfide) groups is 1. The molecular weight excluding hydrogens is 480 g/mol. The van der Waals surface area contributed by atoms with Crippen LogP contribution in [0.1, 0.15) is 16.5 Å². The average molecular weight is 503 g/mol. The van der Waals surface area contributed by atoms with Crippen LogP contribution in [0.4, 0.5) is 9.93 Å². The Bertz CT molecular complexity index is 1290. The normalized spacial score (nSPS) is 17.2. The van der Waals surface area contributed by atoms with Crippen LogP contribution in [0.25, 0.3) is 11.3 Å². The summed E-state index contributed by atoms with van der Waals surface area (Å²) in [7, 11) is 0. The van der Waals surface area contributed by atoms with E-state index in [0.717, 1.165) is 22.4 Å². The number of carbonyl (C=O) groups excluding carboxylic acids is 2. The van der Waals surface area contributed by atoms with E-state index in [1.165, 1.54) is 28.0 Å². The van der Waals surface area contributed by atoms with E-state index in [2.05, 4.69) is 15.3 Å². The summed E-state index contributed by atoms with van der Waals surface area (Å²) < 4.78 is 5.62. The van der Waals surface area contributed by atoms with Gasteiger partial charge in [-0.3, -0.25) is 14.7 Å². The highest BCUT2D eigenvalue weighted by atomic mass is 32.2. The maximum Gasteiger partial charge on any atom is 0.412 e. The fraction of sp³-hybridized carbons (Fsp3) is 0.154. The zero-order valence-corrected chi connectivity index (χ0v) is 20.2. The van der Waals surface area contributed by atoms with Crippen LogP contribution in [0.2, 0.25) is 0 Å². The van der Waals surface area contributed by atoms with Crippen molar-refractivity contribution in [2.45, 2.75) is 18.0 Å². The molecule has 5 rings (SSSR count). The average Bonchev–Trinajstić information content (AvgIpc) is 3.57. The highest BCUT2D eigenvalue weighted by Crippen LogP contribution is 2.42. The maximum atomic E-state index is 13.3. The molecular formula is C26H22N4O3S2. The number of nitrogens with one attached hydrogen (secondary N) is 1. The molecule has 1 N–H and O–H groups in total. The van der Waals surface area contributed by atoms with E-state index in [1.807, 2.05) is 78.2 Å². The lowest BCUT2D eigenvalue weighted by molar-refractivity contribution is -0.120. The summed E-state index contributed by atoms with van der Waals surface area (Å²) >= 11 is 2.86. The van der Waals surface area contributed by atoms with Gasteiger partial charge in [0.1, 0.15) is 18.0 Å². The molecule has 0 aliphatic carbocycles. The van der Waals surface area contributed by atoms with Crippen molar-refractivity contribution in [2.24, 2.45) is 0 Å². The number of hydrogen-bond donors (Lipinski definition) is 1. The van der Waals surface area contributed by atoms with E-state index in [-0.39, 0.29) is 17.9 Å². The molecule has 1 aliphatic rings. The molecule has 1 unspecified atom stereocenters. The Labute approximate surface area is 211 Å². The van der Waals surface area contributed by atoms with Crippen LogP contribution in [-0.2, 0) is 16.1 Å². The van der Waals surface area contributed by atoms with Crippen molar-refractivity contribution in [3.05, 3.63) is 102 Å². The van der Waals surface area contributed by atoms with Crippen LogP contribution in [0, 0.1) is 0 Å². The number of anilines is 1. The molecule has 7 nitrogen and oxygen atoms in total. The molecule has 2 aromatic carbocycles. The minimum absolute atomic E-state index is 0.127. The molecule has 35 heavy (non-hydrogen) atoms. The lowest BCUT2D eigenvalue weighted by Crippen LogP contribution is -2.45. The number of benzene rings is 2. The number of hydrogen-bond acceptors (Lipinski definition) is 7. The van der Waals surface area contributed by atoms with Crippen LogP contribution in [0.15, 0.2) is 90.6 Å². The third kappa shape index (κ3) is 5.36. The summed E-state index contributed by atoms with van der Waals surface area (Å²) in [5.41, 5.74) is 3.48. The summed E-state index contributed by atoms with van der Waals surface area (Å²) in [6.45, 7) is 0.127. The number of aromatic nitrogens is 2. The van der Waals surface area contributed by atoms with Crippen molar-refractivity contribution in [3.8, 4) is 11.3 Å². The van der Waals surface area contributed by atoms with Crippen molar-refractivity contribution in [3.63, 3.8) is 0 Å². The summed E-state index contributed by atoms with van der Waals surface area (Å²) in [5.74, 6) is 0.137. The van der Waals surface area contributed by atoms with E-state index >= 15 is 0 Å². The molecule has 0 radical (unpaired) electrons. The third-order valence-electron chi connectivity index (χ3n) is 5.49. The van der Waals surface area contributed by atoms with Gasteiger partial charge in [0, 0.05) is 34.7 Å². The quantitative estimate of drug-likeness (QED) is 0.370. The van der Waals surface area contributed by atoms with E-state index in [0.29, 0.717) is 10.9 Å². The zero-order valence-electron chi connectivity index (χ0n) is 18.6. The molecule has 2 atom stereocenters. The number of amides is 2. The second kappa shape index (κ2) is 10.7. The molecule has 3 heterocycles. The summed E-state index contributed by atoms with van der Waals surface area (Å²) in [6, 6.07) is 22.2. The van der Waals surface area contributed by atoms with Crippen LogP contribution >= 0.6 is 23.1 Å². The van der Waals surface area contributed by atoms with Gasteiger partial charge in [-0.2, -0.15) is 0 Å². The monoisotopic (exact) mass is 502 g/mol. The molecule has 2 aromatic heterocycles. The number of ether oxygens (including phenoxy) is 1. The second-order valence-electron chi connectivity index (χ2n) is 7.83. The molecule has 0 bridgehead atoms. The third-order valence-corrected chi connectivity index (χ3v) is 7.57. The van der Waals surface area contributed by atoms with Crippen LogP contribution < -0.4 is 5.32 Å². The lowest BCUT2D eigenvalue weighted by atomic mass is 10.2. The Morgan fingerprint density at radius 2 is 1.80 bits per heavy atom. The molecule has 1 aliphatic heterocycles. The molecule has 1 fully saturated rings. The molecule has 9 heteroatoms. The van der Waals surface area contributed by atoms with Gasteiger partial charge in [-0.05, 0) is 11.6 Å². The smallest absolute Gasteiger partial charge is 0.412 e. The highest BCUT2D eigenvalue weighted by Gasteiger charge is 2.43. The number of pyridine rings is 1. The molecule has 1 saturated heterocycles. The lowest BCUT2D eigenvalue weighted by Gasteiger charge is -2.27. The topological polar surface area (TPSA) is 84.4 Å². The number of carbonyl (C=O) groups is 2. The Morgan fingerprint density at radius 3 is 2.54 bits per heavy atom. The molecule has 176 valence electrons. The van der Waals surface area contributed by atoms with Crippen molar-refractivity contribution in [1.82, 2.24) is 14.9 Å². The maximum absolute atomic E-state index is 13.3. The van der Waals surface area contributed by atoms with Crippen LogP contribution in [0.3, 0.4) is 0 Å². The fourth-order valence-electron chi connectivity index (χ4n) is 3.77. The summed E-state index contributed by atoms with van der Waals surface area (Å²) in [6.07, 6.45) is 2.84. The largest absolute Gasteiger partial charge is 0.444 e. The van der Waals surface area contributed by atoms with E-state index in [4.69, 9.17) is 4.74 Å². The van der Waals surface area contributed by atoms with Crippen molar-refractivity contribution >= 4 is 40.2 Å². The zero-order chi connectivity index (χ0) is 24.0. The number of nitrogens with zero attached hydrogens (tertiary/aromatic N) is 3. The van der Waals surface area contributed by atoms with Crippen molar-refractivity contribution in [1.29, 1.82) is 0 Å². The molecule has 4 aromatic rings. The summed E-state index contributed by atoms with van der Waals surface area (Å²) in [5, 5.41) is 4.91.